The van der Waals surface area contributed by atoms with E-state index >= 15 is 0 Å². The third kappa shape index (κ3) is 2.36. The fourth-order valence-electron chi connectivity index (χ4n) is 1.77. The first-order valence-electron chi connectivity index (χ1n) is 5.64. The van der Waals surface area contributed by atoms with Gasteiger partial charge >= 0.3 is 0 Å². The fraction of sp³-hybridized carbons (Fsp3) is 0.231. The van der Waals surface area contributed by atoms with Crippen molar-refractivity contribution >= 4 is 11.6 Å². The second-order valence-electron chi connectivity index (χ2n) is 3.91. The Morgan fingerprint density at radius 1 is 1.00 bits per heavy atom. The monoisotopic (exact) mass is 262 g/mol. The second-order valence-corrected chi connectivity index (χ2v) is 4.34. The van der Waals surface area contributed by atoms with Crippen LogP contribution in [0.15, 0.2) is 36.7 Å². The lowest BCUT2D eigenvalue weighted by Crippen LogP contribution is -2.00. The number of aromatic nitrogens is 2. The minimum Gasteiger partial charge on any atom is -0.345 e. The van der Waals surface area contributed by atoms with Crippen LogP contribution in [0.2, 0.25) is 5.02 Å². The number of rotatable bonds is 2. The van der Waals surface area contributed by atoms with Crippen molar-refractivity contribution in [3.05, 3.63) is 47.4 Å². The summed E-state index contributed by atoms with van der Waals surface area (Å²) in [5.74, 6) is 0. The summed E-state index contributed by atoms with van der Waals surface area (Å²) in [6.45, 7) is 1.24. The van der Waals surface area contributed by atoms with E-state index in [1.54, 1.807) is 18.5 Å². The van der Waals surface area contributed by atoms with Gasteiger partial charge in [-0.15, -0.1) is 0 Å². The molecule has 0 bridgehead atoms. The highest BCUT2D eigenvalue weighted by Crippen LogP contribution is 2.24. The predicted octanol–water partition coefficient (Wildman–Crippen LogP) is 2.84. The van der Waals surface area contributed by atoms with Gasteiger partial charge in [0.2, 0.25) is 6.29 Å². The highest BCUT2D eigenvalue weighted by atomic mass is 35.5. The van der Waals surface area contributed by atoms with Crippen LogP contribution in [0.1, 0.15) is 12.0 Å². The van der Waals surface area contributed by atoms with Crippen LogP contribution in [0.3, 0.4) is 0 Å². The zero-order valence-electron chi connectivity index (χ0n) is 9.54. The Labute approximate surface area is 110 Å². The molecule has 4 nitrogen and oxygen atoms in total. The Morgan fingerprint density at radius 3 is 2.44 bits per heavy atom. The maximum Gasteiger partial charge on any atom is 0.201 e. The summed E-state index contributed by atoms with van der Waals surface area (Å²) in [7, 11) is 0. The van der Waals surface area contributed by atoms with Gasteiger partial charge in [0.1, 0.15) is 0 Å². The van der Waals surface area contributed by atoms with Crippen LogP contribution in [-0.2, 0) is 9.47 Å². The largest absolute Gasteiger partial charge is 0.345 e. The van der Waals surface area contributed by atoms with E-state index in [2.05, 4.69) is 9.97 Å². The van der Waals surface area contributed by atoms with Crippen molar-refractivity contribution in [1.29, 1.82) is 0 Å². The van der Waals surface area contributed by atoms with E-state index in [-0.39, 0.29) is 6.29 Å². The first-order valence-corrected chi connectivity index (χ1v) is 6.02. The Bertz CT molecular complexity index is 522. The molecule has 92 valence electrons. The fourth-order valence-corrected chi connectivity index (χ4v) is 1.88. The lowest BCUT2D eigenvalue weighted by Gasteiger charge is -2.08. The van der Waals surface area contributed by atoms with Crippen molar-refractivity contribution in [2.75, 3.05) is 13.2 Å². The first-order chi connectivity index (χ1) is 8.83. The molecule has 2 aromatic heterocycles. The summed E-state index contributed by atoms with van der Waals surface area (Å²) in [6.07, 6.45) is 3.04. The summed E-state index contributed by atoms with van der Waals surface area (Å²) in [5.41, 5.74) is 2.56. The summed E-state index contributed by atoms with van der Waals surface area (Å²) in [6, 6.07) is 7.51. The van der Waals surface area contributed by atoms with Crippen LogP contribution in [0.4, 0.5) is 0 Å². The van der Waals surface area contributed by atoms with E-state index in [0.717, 1.165) is 17.0 Å². The molecule has 1 aliphatic rings. The van der Waals surface area contributed by atoms with Gasteiger partial charge in [0.15, 0.2) is 0 Å². The third-order valence-corrected chi connectivity index (χ3v) is 2.90. The number of hydrogen-bond donors (Lipinski definition) is 0. The van der Waals surface area contributed by atoms with Crippen LogP contribution in [0.5, 0.6) is 0 Å². The molecule has 0 saturated carbocycles. The minimum atomic E-state index is -0.336. The van der Waals surface area contributed by atoms with Crippen molar-refractivity contribution in [1.82, 2.24) is 9.97 Å². The van der Waals surface area contributed by atoms with Crippen LogP contribution in [-0.4, -0.2) is 23.2 Å². The molecular formula is C13H11ClN2O2. The summed E-state index contributed by atoms with van der Waals surface area (Å²) in [5, 5.41) is 0.621. The van der Waals surface area contributed by atoms with Crippen LogP contribution < -0.4 is 0 Å². The lowest BCUT2D eigenvalue weighted by molar-refractivity contribution is -0.0472. The molecule has 0 amide bonds. The SMILES string of the molecule is Clc1ccc(-c2ccc(C3OCCO3)nc2)nc1. The summed E-state index contributed by atoms with van der Waals surface area (Å²) >= 11 is 5.80. The van der Waals surface area contributed by atoms with Gasteiger partial charge in [0.25, 0.3) is 0 Å². The number of hydrogen-bond acceptors (Lipinski definition) is 4. The van der Waals surface area contributed by atoms with Crippen LogP contribution >= 0.6 is 11.6 Å². The van der Waals surface area contributed by atoms with Gasteiger partial charge < -0.3 is 9.47 Å². The molecule has 0 spiro atoms. The smallest absolute Gasteiger partial charge is 0.201 e. The molecule has 1 fully saturated rings. The van der Waals surface area contributed by atoms with Crippen molar-refractivity contribution in [2.45, 2.75) is 6.29 Å². The third-order valence-electron chi connectivity index (χ3n) is 2.67. The minimum absolute atomic E-state index is 0.336. The average Bonchev–Trinajstić information content (AvgIpc) is 2.94. The molecule has 18 heavy (non-hydrogen) atoms. The van der Waals surface area contributed by atoms with Crippen LogP contribution in [0, 0.1) is 0 Å². The molecule has 0 unspecified atom stereocenters. The van der Waals surface area contributed by atoms with Crippen molar-refractivity contribution in [3.63, 3.8) is 0 Å². The van der Waals surface area contributed by atoms with E-state index in [0.29, 0.717) is 18.2 Å². The molecule has 0 aromatic carbocycles. The molecule has 3 heterocycles. The second kappa shape index (κ2) is 5.02. The van der Waals surface area contributed by atoms with E-state index in [9.17, 15) is 0 Å². The van der Waals surface area contributed by atoms with Crippen molar-refractivity contribution in [2.24, 2.45) is 0 Å². The number of pyridine rings is 2. The van der Waals surface area contributed by atoms with Gasteiger partial charge in [-0.2, -0.15) is 0 Å². The molecule has 0 aliphatic carbocycles. The van der Waals surface area contributed by atoms with E-state index in [1.807, 2.05) is 18.2 Å². The Morgan fingerprint density at radius 2 is 1.83 bits per heavy atom. The molecule has 1 saturated heterocycles. The highest BCUT2D eigenvalue weighted by molar-refractivity contribution is 6.30. The van der Waals surface area contributed by atoms with Gasteiger partial charge in [0, 0.05) is 18.0 Å². The Kier molecular flexibility index (Phi) is 3.23. The average molecular weight is 263 g/mol. The first kappa shape index (κ1) is 11.6. The Balaban J connectivity index is 1.84. The van der Waals surface area contributed by atoms with Crippen LogP contribution in [0.25, 0.3) is 11.3 Å². The molecule has 0 atom stereocenters. The number of nitrogens with zero attached hydrogens (tertiary/aromatic N) is 2. The van der Waals surface area contributed by atoms with Crippen molar-refractivity contribution < 1.29 is 9.47 Å². The predicted molar refractivity (Wildman–Crippen MR) is 67.1 cm³/mol. The standard InChI is InChI=1S/C13H11ClN2O2/c14-10-2-4-11(16-8-10)9-1-3-12(15-7-9)13-17-5-6-18-13/h1-4,7-8,13H,5-6H2. The number of ether oxygens (including phenoxy) is 2. The summed E-state index contributed by atoms with van der Waals surface area (Å²) < 4.78 is 10.8. The molecule has 3 rings (SSSR count). The molecule has 5 heteroatoms. The van der Waals surface area contributed by atoms with Crippen molar-refractivity contribution in [3.8, 4) is 11.3 Å². The maximum absolute atomic E-state index is 5.80. The molecule has 0 N–H and O–H groups in total. The topological polar surface area (TPSA) is 44.2 Å². The molecule has 1 aliphatic heterocycles. The van der Waals surface area contributed by atoms with E-state index in [1.165, 1.54) is 0 Å². The molecule has 2 aromatic rings. The lowest BCUT2D eigenvalue weighted by atomic mass is 10.2. The molecular weight excluding hydrogens is 252 g/mol. The van der Waals surface area contributed by atoms with Gasteiger partial charge in [-0.1, -0.05) is 11.6 Å². The molecule has 0 radical (unpaired) electrons. The van der Waals surface area contributed by atoms with Gasteiger partial charge in [-0.25, -0.2) is 0 Å². The highest BCUT2D eigenvalue weighted by Gasteiger charge is 2.19. The van der Waals surface area contributed by atoms with Gasteiger partial charge in [-0.05, 0) is 24.3 Å². The number of halogens is 1. The summed E-state index contributed by atoms with van der Waals surface area (Å²) in [4.78, 5) is 8.58. The van der Waals surface area contributed by atoms with Gasteiger partial charge in [0.05, 0.1) is 29.6 Å². The maximum atomic E-state index is 5.80. The zero-order chi connectivity index (χ0) is 12.4. The van der Waals surface area contributed by atoms with Gasteiger partial charge in [-0.3, -0.25) is 9.97 Å². The van der Waals surface area contributed by atoms with E-state index in [4.69, 9.17) is 21.1 Å². The Hall–Kier alpha value is -1.49. The zero-order valence-corrected chi connectivity index (χ0v) is 10.3. The van der Waals surface area contributed by atoms with E-state index < -0.39 is 0 Å². The normalized spacial score (nSPS) is 16.1. The quantitative estimate of drug-likeness (QED) is 0.835.